The predicted octanol–water partition coefficient (Wildman–Crippen LogP) is 3.50. The smallest absolute Gasteiger partial charge is 0.328 e. The zero-order chi connectivity index (χ0) is 31.0. The second-order valence-corrected chi connectivity index (χ2v) is 11.1. The summed E-state index contributed by atoms with van der Waals surface area (Å²) in [7, 11) is 3.21. The molecule has 1 heterocycles. The van der Waals surface area contributed by atoms with E-state index >= 15 is 0 Å². The largest absolute Gasteiger partial charge is 0.497 e. The van der Waals surface area contributed by atoms with Crippen LogP contribution in [0.5, 0.6) is 11.5 Å². The quantitative estimate of drug-likeness (QED) is 0.222. The number of aromatic amines is 1. The van der Waals surface area contributed by atoms with Gasteiger partial charge < -0.3 is 19.5 Å². The Morgan fingerprint density at radius 2 is 1.42 bits per heavy atom. The highest BCUT2D eigenvalue weighted by Gasteiger charge is 2.37. The van der Waals surface area contributed by atoms with Gasteiger partial charge in [-0.25, -0.2) is 4.79 Å². The van der Waals surface area contributed by atoms with Crippen LogP contribution in [0.2, 0.25) is 0 Å². The lowest BCUT2D eigenvalue weighted by Crippen LogP contribution is -2.42. The zero-order valence-corrected chi connectivity index (χ0v) is 24.9. The van der Waals surface area contributed by atoms with Crippen LogP contribution < -0.4 is 20.7 Å². The lowest BCUT2D eigenvalue weighted by Gasteiger charge is -2.36. The minimum absolute atomic E-state index is 0.0911. The number of H-pyrrole nitrogens is 1. The number of aryl methyl sites for hydroxylation is 1. The number of methoxy groups -OCH3 is 2. The van der Waals surface area contributed by atoms with E-state index in [0.29, 0.717) is 17.3 Å². The number of amides is 1. The predicted molar refractivity (Wildman–Crippen MR) is 165 cm³/mol. The van der Waals surface area contributed by atoms with E-state index in [-0.39, 0.29) is 12.1 Å². The molecule has 0 fully saturated rings. The monoisotopic (exact) mass is 603 g/mol. The van der Waals surface area contributed by atoms with Crippen LogP contribution >= 0.6 is 11.8 Å². The van der Waals surface area contributed by atoms with Gasteiger partial charge >= 0.3 is 11.7 Å². The van der Waals surface area contributed by atoms with E-state index in [1.807, 2.05) is 78.9 Å². The molecular weight excluding hydrogens is 570 g/mol. The van der Waals surface area contributed by atoms with Crippen LogP contribution in [-0.2, 0) is 20.9 Å². The molecule has 4 aromatic rings. The molecule has 4 rings (SSSR count). The van der Waals surface area contributed by atoms with Crippen molar-refractivity contribution in [3.8, 4) is 11.5 Å². The number of ether oxygens (including phenoxy) is 2. The molecule has 0 saturated heterocycles. The zero-order valence-electron chi connectivity index (χ0n) is 24.1. The van der Waals surface area contributed by atoms with E-state index in [1.54, 1.807) is 26.0 Å². The van der Waals surface area contributed by atoms with E-state index < -0.39 is 41.0 Å². The lowest BCUT2D eigenvalue weighted by atomic mass is 9.84. The molecule has 1 amide bonds. The van der Waals surface area contributed by atoms with Gasteiger partial charge in [-0.05, 0) is 47.9 Å². The number of carboxylic acid groups (broad SMARTS) is 1. The van der Waals surface area contributed by atoms with Crippen molar-refractivity contribution < 1.29 is 24.2 Å². The van der Waals surface area contributed by atoms with Crippen molar-refractivity contribution >= 4 is 23.6 Å². The van der Waals surface area contributed by atoms with Gasteiger partial charge in [0.05, 0.1) is 19.0 Å². The third-order valence-corrected chi connectivity index (χ3v) is 8.55. The summed E-state index contributed by atoms with van der Waals surface area (Å²) in [6.45, 7) is 0.662. The summed E-state index contributed by atoms with van der Waals surface area (Å²) in [5, 5.41) is 9.59. The van der Waals surface area contributed by atoms with Gasteiger partial charge in [0.1, 0.15) is 24.6 Å². The fourth-order valence-electron chi connectivity index (χ4n) is 4.82. The van der Waals surface area contributed by atoms with Crippen LogP contribution in [0.25, 0.3) is 0 Å². The first-order valence-electron chi connectivity index (χ1n) is 13.5. The molecule has 0 atom stereocenters. The molecule has 43 heavy (non-hydrogen) atoms. The van der Waals surface area contributed by atoms with Crippen LogP contribution in [0.1, 0.15) is 22.3 Å². The number of aliphatic carboxylic acids is 1. The number of carbonyl (C=O) groups is 2. The van der Waals surface area contributed by atoms with Gasteiger partial charge in [0.25, 0.3) is 5.56 Å². The molecule has 0 spiro atoms. The number of carbonyl (C=O) groups excluding carboxylic acids is 1. The van der Waals surface area contributed by atoms with Gasteiger partial charge in [0, 0.05) is 24.1 Å². The molecule has 0 radical (unpaired) electrons. The Morgan fingerprint density at radius 1 is 0.884 bits per heavy atom. The Balaban J connectivity index is 1.71. The maximum atomic E-state index is 13.3. The lowest BCUT2D eigenvalue weighted by molar-refractivity contribution is -0.144. The van der Waals surface area contributed by atoms with Crippen molar-refractivity contribution in [2.24, 2.45) is 0 Å². The topological polar surface area (TPSA) is 131 Å². The highest BCUT2D eigenvalue weighted by molar-refractivity contribution is 8.00. The van der Waals surface area contributed by atoms with Crippen LogP contribution in [0.4, 0.5) is 0 Å². The van der Waals surface area contributed by atoms with Crippen molar-refractivity contribution in [3.63, 3.8) is 0 Å². The number of thioether (sulfide) groups is 1. The number of carboxylic acids is 1. The molecule has 10 nitrogen and oxygen atoms in total. The first-order valence-corrected chi connectivity index (χ1v) is 14.4. The molecule has 2 N–H and O–H groups in total. The van der Waals surface area contributed by atoms with Crippen molar-refractivity contribution in [2.45, 2.75) is 18.2 Å². The fourth-order valence-corrected chi connectivity index (χ4v) is 6.35. The maximum Gasteiger partial charge on any atom is 0.328 e. The molecule has 0 saturated carbocycles. The molecule has 3 aromatic carbocycles. The summed E-state index contributed by atoms with van der Waals surface area (Å²) >= 11 is 1.56. The second kappa shape index (κ2) is 13.9. The van der Waals surface area contributed by atoms with E-state index in [0.717, 1.165) is 21.3 Å². The van der Waals surface area contributed by atoms with Crippen molar-refractivity contribution in [3.05, 3.63) is 128 Å². The maximum absolute atomic E-state index is 13.3. The highest BCUT2D eigenvalue weighted by atomic mass is 32.2. The van der Waals surface area contributed by atoms with E-state index in [4.69, 9.17) is 9.47 Å². The number of hydrogen-bond acceptors (Lipinski definition) is 7. The van der Waals surface area contributed by atoms with Gasteiger partial charge in [0.2, 0.25) is 5.91 Å². The van der Waals surface area contributed by atoms with Crippen molar-refractivity contribution in [1.29, 1.82) is 0 Å². The van der Waals surface area contributed by atoms with Crippen LogP contribution in [0.15, 0.2) is 94.6 Å². The Bertz CT molecular complexity index is 1620. The molecular formula is C32H33N3O7S. The number of hydrogen-bond donors (Lipinski definition) is 2. The highest BCUT2D eigenvalue weighted by Crippen LogP contribution is 2.49. The van der Waals surface area contributed by atoms with Crippen molar-refractivity contribution in [2.75, 3.05) is 33.1 Å². The third-order valence-electron chi connectivity index (χ3n) is 7.03. The van der Waals surface area contributed by atoms with E-state index in [1.165, 1.54) is 18.0 Å². The minimum Gasteiger partial charge on any atom is -0.497 e. The van der Waals surface area contributed by atoms with E-state index in [9.17, 15) is 24.3 Å². The van der Waals surface area contributed by atoms with Crippen LogP contribution in [-0.4, -0.2) is 64.5 Å². The second-order valence-electron chi connectivity index (χ2n) is 9.76. The number of rotatable bonds is 13. The van der Waals surface area contributed by atoms with Crippen LogP contribution in [0.3, 0.4) is 0 Å². The number of benzene rings is 3. The first-order chi connectivity index (χ1) is 20.7. The average Bonchev–Trinajstić information content (AvgIpc) is 3.02. The Kier molecular flexibility index (Phi) is 10.1. The SMILES string of the molecule is COc1ccc(C(SCCN(CC(=O)O)C(=O)Cn2cc(C)c(=O)[nH]c2=O)(c2ccccc2)c2ccc(OC)cc2)cc1. The molecule has 0 aliphatic rings. The summed E-state index contributed by atoms with van der Waals surface area (Å²) in [6, 6.07) is 25.5. The van der Waals surface area contributed by atoms with Gasteiger partial charge in [-0.2, -0.15) is 0 Å². The molecule has 11 heteroatoms. The molecule has 1 aromatic heterocycles. The summed E-state index contributed by atoms with van der Waals surface area (Å²) in [6.07, 6.45) is 1.29. The molecule has 0 aliphatic heterocycles. The van der Waals surface area contributed by atoms with Gasteiger partial charge in [-0.15, -0.1) is 11.8 Å². The molecule has 224 valence electrons. The first kappa shape index (κ1) is 31.2. The molecule has 0 aliphatic carbocycles. The fraction of sp³-hybridized carbons (Fsp3) is 0.250. The van der Waals surface area contributed by atoms with Crippen LogP contribution in [0, 0.1) is 6.92 Å². The molecule has 0 bridgehead atoms. The molecule has 0 unspecified atom stereocenters. The number of nitrogens with one attached hydrogen (secondary N) is 1. The van der Waals surface area contributed by atoms with Crippen molar-refractivity contribution in [1.82, 2.24) is 14.5 Å². The Labute approximate surface area is 252 Å². The standard InChI is InChI=1S/C32H33N3O7S/c1-22-19-35(31(40)33-30(22)39)20-28(36)34(21-29(37)38)17-18-43-32(23-7-5-4-6-8-23,24-9-13-26(41-2)14-10-24)25-11-15-27(42-3)16-12-25/h4-16,19H,17-18,20-21H2,1-3H3,(H,37,38)(H,33,39,40). The average molecular weight is 604 g/mol. The van der Waals surface area contributed by atoms with Gasteiger partial charge in [-0.3, -0.25) is 23.9 Å². The van der Waals surface area contributed by atoms with E-state index in [2.05, 4.69) is 4.98 Å². The van der Waals surface area contributed by atoms with Gasteiger partial charge in [-0.1, -0.05) is 54.6 Å². The summed E-state index contributed by atoms with van der Waals surface area (Å²) < 4.78 is 11.1. The summed E-state index contributed by atoms with van der Waals surface area (Å²) in [5.41, 5.74) is 1.89. The normalized spacial score (nSPS) is 11.1. The number of nitrogens with zero attached hydrogens (tertiary/aromatic N) is 2. The third kappa shape index (κ3) is 7.18. The summed E-state index contributed by atoms with van der Waals surface area (Å²) in [4.78, 5) is 52.4. The summed E-state index contributed by atoms with van der Waals surface area (Å²) in [5.74, 6) is 0.0254. The van der Waals surface area contributed by atoms with Gasteiger partial charge in [0.15, 0.2) is 0 Å². The minimum atomic E-state index is -1.18. The number of aromatic nitrogens is 2. The Morgan fingerprint density at radius 3 is 1.93 bits per heavy atom. The Hall–Kier alpha value is -4.77.